The molecule has 1 aliphatic rings. The second-order valence-corrected chi connectivity index (χ2v) is 8.51. The molecule has 3 aromatic carbocycles. The van der Waals surface area contributed by atoms with Crippen molar-refractivity contribution in [2.24, 2.45) is 0 Å². The van der Waals surface area contributed by atoms with Crippen LogP contribution in [0.25, 0.3) is 0 Å². The summed E-state index contributed by atoms with van der Waals surface area (Å²) in [5.41, 5.74) is 5.18. The van der Waals surface area contributed by atoms with Crippen molar-refractivity contribution in [2.75, 3.05) is 13.7 Å². The zero-order valence-corrected chi connectivity index (χ0v) is 19.8. The molecular formula is C27H30BNO5. The van der Waals surface area contributed by atoms with Crippen LogP contribution in [0.1, 0.15) is 35.2 Å². The Labute approximate surface area is 201 Å². The number of carbonyl (C=O) groups is 1. The van der Waals surface area contributed by atoms with Gasteiger partial charge in [-0.05, 0) is 41.8 Å². The Balaban J connectivity index is 1.55. The van der Waals surface area contributed by atoms with Crippen LogP contribution < -0.4 is 20.3 Å². The normalized spacial score (nSPS) is 16.7. The minimum absolute atomic E-state index is 0.132. The van der Waals surface area contributed by atoms with E-state index in [4.69, 9.17) is 14.2 Å². The summed E-state index contributed by atoms with van der Waals surface area (Å²) in [5, 5.41) is 14.1. The smallest absolute Gasteiger partial charge is 0.310 e. The fraction of sp³-hybridized carbons (Fsp3) is 0.296. The molecular weight excluding hydrogens is 429 g/mol. The van der Waals surface area contributed by atoms with E-state index in [-0.39, 0.29) is 18.4 Å². The van der Waals surface area contributed by atoms with Crippen LogP contribution in [0.2, 0.25) is 0 Å². The van der Waals surface area contributed by atoms with Gasteiger partial charge in [-0.3, -0.25) is 4.79 Å². The summed E-state index contributed by atoms with van der Waals surface area (Å²) in [7, 11) is 3.62. The van der Waals surface area contributed by atoms with Gasteiger partial charge in [0.05, 0.1) is 32.3 Å². The van der Waals surface area contributed by atoms with Gasteiger partial charge in [0.2, 0.25) is 0 Å². The van der Waals surface area contributed by atoms with E-state index in [0.29, 0.717) is 36.8 Å². The molecule has 0 unspecified atom stereocenters. The van der Waals surface area contributed by atoms with Gasteiger partial charge >= 0.3 is 5.97 Å². The topological polar surface area (TPSA) is 77.0 Å². The van der Waals surface area contributed by atoms with Crippen LogP contribution in [0, 0.1) is 0 Å². The van der Waals surface area contributed by atoms with Crippen LogP contribution in [-0.4, -0.2) is 38.7 Å². The number of fused-ring (bicyclic) bond motifs is 1. The fourth-order valence-corrected chi connectivity index (χ4v) is 4.39. The highest BCUT2D eigenvalue weighted by Crippen LogP contribution is 2.35. The number of hydrogen-bond acceptors (Lipinski definition) is 6. The van der Waals surface area contributed by atoms with E-state index >= 15 is 0 Å². The average molecular weight is 459 g/mol. The maximum absolute atomic E-state index is 11.9. The maximum atomic E-state index is 11.9. The summed E-state index contributed by atoms with van der Waals surface area (Å²) < 4.78 is 16.9. The Morgan fingerprint density at radius 2 is 1.88 bits per heavy atom. The first-order chi connectivity index (χ1) is 16.5. The Hall–Kier alpha value is -3.29. The van der Waals surface area contributed by atoms with E-state index < -0.39 is 6.10 Å². The van der Waals surface area contributed by atoms with E-state index in [1.807, 2.05) is 44.2 Å². The van der Waals surface area contributed by atoms with Crippen molar-refractivity contribution in [3.63, 3.8) is 0 Å². The number of esters is 1. The van der Waals surface area contributed by atoms with E-state index in [0.717, 1.165) is 22.2 Å². The standard InChI is InChI=1S/C27H30BNO5/c1-3-33-26(31)13-17-8-10-24(32-2)25(12-17)34-23-11-9-20(28)14-19(23)16-29-27-21-7-5-4-6-18(21)15-22(27)30/h4-12,14,22,27,29-30H,3,13,15-16,28H2,1-2H3/t22-,27+/m1/s1. The molecule has 0 spiro atoms. The molecule has 1 aliphatic carbocycles. The quantitative estimate of drug-likeness (QED) is 0.379. The number of hydrogen-bond donors (Lipinski definition) is 2. The molecule has 7 heteroatoms. The molecule has 34 heavy (non-hydrogen) atoms. The average Bonchev–Trinajstić information content (AvgIpc) is 3.14. The van der Waals surface area contributed by atoms with Crippen LogP contribution in [0.3, 0.4) is 0 Å². The summed E-state index contributed by atoms with van der Waals surface area (Å²) in [6.45, 7) is 2.66. The molecule has 0 bridgehead atoms. The molecule has 0 heterocycles. The third kappa shape index (κ3) is 5.43. The Morgan fingerprint density at radius 3 is 2.68 bits per heavy atom. The number of nitrogens with one attached hydrogen (secondary N) is 1. The molecule has 3 aromatic rings. The van der Waals surface area contributed by atoms with Crippen LogP contribution in [-0.2, 0) is 28.9 Å². The maximum Gasteiger partial charge on any atom is 0.310 e. The van der Waals surface area contributed by atoms with Crippen molar-refractivity contribution in [1.29, 1.82) is 0 Å². The molecule has 0 aromatic heterocycles. The van der Waals surface area contributed by atoms with Crippen molar-refractivity contribution < 1.29 is 24.1 Å². The lowest BCUT2D eigenvalue weighted by molar-refractivity contribution is -0.142. The number of aliphatic hydroxyl groups excluding tert-OH is 1. The van der Waals surface area contributed by atoms with Crippen molar-refractivity contribution in [2.45, 2.75) is 38.5 Å². The molecule has 6 nitrogen and oxygen atoms in total. The first-order valence-corrected chi connectivity index (χ1v) is 11.6. The zero-order valence-electron chi connectivity index (χ0n) is 19.8. The molecule has 0 amide bonds. The summed E-state index contributed by atoms with van der Waals surface area (Å²) in [4.78, 5) is 11.9. The predicted octanol–water partition coefficient (Wildman–Crippen LogP) is 2.60. The lowest BCUT2D eigenvalue weighted by Gasteiger charge is -2.20. The van der Waals surface area contributed by atoms with Gasteiger partial charge < -0.3 is 24.6 Å². The second-order valence-electron chi connectivity index (χ2n) is 8.51. The van der Waals surface area contributed by atoms with Gasteiger partial charge in [0.1, 0.15) is 13.6 Å². The molecule has 2 N–H and O–H groups in total. The number of methoxy groups -OCH3 is 1. The fourth-order valence-electron chi connectivity index (χ4n) is 4.39. The van der Waals surface area contributed by atoms with Crippen LogP contribution in [0.15, 0.2) is 60.7 Å². The molecule has 0 fully saturated rings. The summed E-state index contributed by atoms with van der Waals surface area (Å²) in [6, 6.07) is 19.4. The first-order valence-electron chi connectivity index (χ1n) is 11.6. The van der Waals surface area contributed by atoms with Gasteiger partial charge in [-0.15, -0.1) is 0 Å². The van der Waals surface area contributed by atoms with Crippen molar-refractivity contribution in [3.8, 4) is 17.2 Å². The summed E-state index contributed by atoms with van der Waals surface area (Å²) in [5.74, 6) is 1.51. The highest BCUT2D eigenvalue weighted by molar-refractivity contribution is 6.32. The van der Waals surface area contributed by atoms with Gasteiger partial charge in [0, 0.05) is 18.5 Å². The van der Waals surface area contributed by atoms with Crippen molar-refractivity contribution >= 4 is 19.3 Å². The molecule has 0 saturated heterocycles. The Bertz CT molecular complexity index is 1170. The predicted molar refractivity (Wildman–Crippen MR) is 134 cm³/mol. The molecule has 2 atom stereocenters. The summed E-state index contributed by atoms with van der Waals surface area (Å²) in [6.07, 6.45) is 0.344. The number of carbonyl (C=O) groups excluding carboxylic acids is 1. The zero-order chi connectivity index (χ0) is 24.1. The van der Waals surface area contributed by atoms with Gasteiger partial charge in [0.15, 0.2) is 11.5 Å². The lowest BCUT2D eigenvalue weighted by atomic mass is 9.94. The molecule has 4 rings (SSSR count). The molecule has 0 aliphatic heterocycles. The lowest BCUT2D eigenvalue weighted by Crippen LogP contribution is -2.28. The molecule has 0 radical (unpaired) electrons. The third-order valence-corrected chi connectivity index (χ3v) is 6.03. The van der Waals surface area contributed by atoms with E-state index in [1.54, 1.807) is 20.1 Å². The molecule has 176 valence electrons. The van der Waals surface area contributed by atoms with Crippen molar-refractivity contribution in [3.05, 3.63) is 82.9 Å². The number of rotatable bonds is 9. The number of benzene rings is 3. The third-order valence-electron chi connectivity index (χ3n) is 6.03. The van der Waals surface area contributed by atoms with Gasteiger partial charge in [0.25, 0.3) is 0 Å². The highest BCUT2D eigenvalue weighted by atomic mass is 16.5. The van der Waals surface area contributed by atoms with Crippen LogP contribution >= 0.6 is 0 Å². The minimum Gasteiger partial charge on any atom is -0.493 e. The Morgan fingerprint density at radius 1 is 1.09 bits per heavy atom. The van der Waals surface area contributed by atoms with E-state index in [1.165, 1.54) is 5.56 Å². The Kier molecular flexibility index (Phi) is 7.55. The number of aliphatic hydroxyl groups is 1. The van der Waals surface area contributed by atoms with Gasteiger partial charge in [-0.25, -0.2) is 0 Å². The molecule has 0 saturated carbocycles. The van der Waals surface area contributed by atoms with Crippen molar-refractivity contribution in [1.82, 2.24) is 5.32 Å². The van der Waals surface area contributed by atoms with Gasteiger partial charge in [-0.1, -0.05) is 47.9 Å². The monoisotopic (exact) mass is 459 g/mol. The second kappa shape index (κ2) is 10.8. The first kappa shape index (κ1) is 23.9. The summed E-state index contributed by atoms with van der Waals surface area (Å²) >= 11 is 0. The highest BCUT2D eigenvalue weighted by Gasteiger charge is 2.30. The number of ether oxygens (including phenoxy) is 3. The van der Waals surface area contributed by atoms with Crippen LogP contribution in [0.5, 0.6) is 17.2 Å². The van der Waals surface area contributed by atoms with Gasteiger partial charge in [-0.2, -0.15) is 0 Å². The minimum atomic E-state index is -0.466. The SMILES string of the molecule is Bc1ccc(Oc2cc(CC(=O)OCC)ccc2OC)c(CN[C@H]2c3ccccc3C[C@H]2O)c1. The van der Waals surface area contributed by atoms with E-state index in [9.17, 15) is 9.90 Å². The van der Waals surface area contributed by atoms with Crippen LogP contribution in [0.4, 0.5) is 0 Å². The largest absolute Gasteiger partial charge is 0.493 e. The van der Waals surface area contributed by atoms with E-state index in [2.05, 4.69) is 23.5 Å².